The molecule has 2 rings (SSSR count). The van der Waals surface area contributed by atoms with Crippen molar-refractivity contribution >= 4 is 5.78 Å². The summed E-state index contributed by atoms with van der Waals surface area (Å²) in [4.78, 5) is 12.4. The van der Waals surface area contributed by atoms with Crippen LogP contribution in [0.1, 0.15) is 61.2 Å². The Labute approximate surface area is 145 Å². The van der Waals surface area contributed by atoms with Crippen molar-refractivity contribution in [3.63, 3.8) is 0 Å². The summed E-state index contributed by atoms with van der Waals surface area (Å²) in [6, 6.07) is 16.5. The fourth-order valence-electron chi connectivity index (χ4n) is 2.36. The second-order valence-electron chi connectivity index (χ2n) is 5.70. The molecule has 1 unspecified atom stereocenters. The zero-order valence-corrected chi connectivity index (χ0v) is 15.0. The van der Waals surface area contributed by atoms with Gasteiger partial charge in [-0.05, 0) is 30.9 Å². The Morgan fingerprint density at radius 3 is 2.00 bits per heavy atom. The molecule has 0 fully saturated rings. The summed E-state index contributed by atoms with van der Waals surface area (Å²) in [6.45, 7) is 9.75. The van der Waals surface area contributed by atoms with Gasteiger partial charge in [0.1, 0.15) is 6.10 Å². The minimum Gasteiger partial charge on any atom is -0.382 e. The Hall–Kier alpha value is -1.97. The van der Waals surface area contributed by atoms with Crippen LogP contribution in [0.4, 0.5) is 0 Å². The van der Waals surface area contributed by atoms with Crippen molar-refractivity contribution in [2.45, 2.75) is 39.7 Å². The molecule has 2 aromatic carbocycles. The van der Waals surface area contributed by atoms with E-state index in [1.807, 2.05) is 64.1 Å². The topological polar surface area (TPSA) is 46.5 Å². The van der Waals surface area contributed by atoms with Crippen molar-refractivity contribution < 1.29 is 14.6 Å². The van der Waals surface area contributed by atoms with E-state index in [0.29, 0.717) is 11.1 Å². The lowest BCUT2D eigenvalue weighted by molar-refractivity contribution is 0.0746. The predicted octanol–water partition coefficient (Wildman–Crippen LogP) is 4.77. The molecule has 2 aromatic rings. The van der Waals surface area contributed by atoms with Crippen molar-refractivity contribution in [3.8, 4) is 0 Å². The van der Waals surface area contributed by atoms with Crippen molar-refractivity contribution in [2.24, 2.45) is 0 Å². The lowest BCUT2D eigenvalue weighted by Crippen LogP contribution is -2.14. The molecule has 0 aliphatic heterocycles. The van der Waals surface area contributed by atoms with E-state index in [0.717, 1.165) is 18.8 Å². The van der Waals surface area contributed by atoms with Crippen LogP contribution in [0, 0.1) is 0 Å². The summed E-state index contributed by atoms with van der Waals surface area (Å²) in [5.41, 5.74) is 2.21. The Morgan fingerprint density at radius 2 is 1.50 bits per heavy atom. The lowest BCUT2D eigenvalue weighted by atomic mass is 9.91. The molecule has 3 heteroatoms. The number of Topliss-reactive ketones (excluding diaryl/α,β-unsaturated/α-hetero) is 1. The molecular formula is C21H28O3. The van der Waals surface area contributed by atoms with Gasteiger partial charge in [-0.25, -0.2) is 0 Å². The molecule has 0 spiro atoms. The van der Waals surface area contributed by atoms with Gasteiger partial charge >= 0.3 is 0 Å². The predicted molar refractivity (Wildman–Crippen MR) is 98.4 cm³/mol. The van der Waals surface area contributed by atoms with Gasteiger partial charge in [0.2, 0.25) is 0 Å². The first-order chi connectivity index (χ1) is 11.5. The normalized spacial score (nSPS) is 11.6. The SMILES string of the molecule is CC(C)c1ccccc1C(=O)C(O)c1ccccc1.CCOCC. The maximum absolute atomic E-state index is 12.4. The molecule has 1 atom stereocenters. The number of hydrogen-bond acceptors (Lipinski definition) is 3. The number of carbonyl (C=O) groups excluding carboxylic acids is 1. The van der Waals surface area contributed by atoms with Gasteiger partial charge in [0.05, 0.1) is 0 Å². The van der Waals surface area contributed by atoms with Crippen molar-refractivity contribution in [1.82, 2.24) is 0 Å². The number of aliphatic hydroxyl groups excluding tert-OH is 1. The van der Waals surface area contributed by atoms with Crippen LogP contribution in [0.2, 0.25) is 0 Å². The number of ketones is 1. The molecule has 3 nitrogen and oxygen atoms in total. The van der Waals surface area contributed by atoms with Gasteiger partial charge in [-0.2, -0.15) is 0 Å². The molecule has 0 heterocycles. The highest BCUT2D eigenvalue weighted by atomic mass is 16.5. The lowest BCUT2D eigenvalue weighted by Gasteiger charge is -2.15. The van der Waals surface area contributed by atoms with Crippen molar-refractivity contribution in [1.29, 1.82) is 0 Å². The smallest absolute Gasteiger partial charge is 0.196 e. The second kappa shape index (κ2) is 10.7. The molecule has 0 radical (unpaired) electrons. The van der Waals surface area contributed by atoms with Gasteiger partial charge in [0.15, 0.2) is 5.78 Å². The fourth-order valence-corrected chi connectivity index (χ4v) is 2.36. The van der Waals surface area contributed by atoms with Crippen LogP contribution in [-0.4, -0.2) is 24.1 Å². The standard InChI is InChI=1S/C17H18O2.C4H10O/c1-12(2)14-10-6-7-11-15(14)17(19)16(18)13-8-4-3-5-9-13;1-3-5-4-2/h3-12,16,18H,1-2H3;3-4H2,1-2H3. The molecule has 130 valence electrons. The highest BCUT2D eigenvalue weighted by molar-refractivity contribution is 6.01. The van der Waals surface area contributed by atoms with E-state index in [-0.39, 0.29) is 11.7 Å². The van der Waals surface area contributed by atoms with E-state index in [9.17, 15) is 9.90 Å². The quantitative estimate of drug-likeness (QED) is 0.777. The molecule has 0 saturated heterocycles. The van der Waals surface area contributed by atoms with E-state index in [2.05, 4.69) is 0 Å². The van der Waals surface area contributed by atoms with E-state index in [4.69, 9.17) is 4.74 Å². The van der Waals surface area contributed by atoms with Crippen LogP contribution < -0.4 is 0 Å². The van der Waals surface area contributed by atoms with Gasteiger partial charge in [-0.1, -0.05) is 68.4 Å². The summed E-state index contributed by atoms with van der Waals surface area (Å²) in [5, 5.41) is 10.2. The average molecular weight is 328 g/mol. The summed E-state index contributed by atoms with van der Waals surface area (Å²) in [7, 11) is 0. The molecule has 0 amide bonds. The number of hydrogen-bond donors (Lipinski definition) is 1. The molecule has 0 aliphatic rings. The van der Waals surface area contributed by atoms with Crippen LogP contribution in [0.25, 0.3) is 0 Å². The Kier molecular flexibility index (Phi) is 8.98. The number of aliphatic hydroxyl groups is 1. The highest BCUT2D eigenvalue weighted by Gasteiger charge is 2.21. The molecule has 24 heavy (non-hydrogen) atoms. The van der Waals surface area contributed by atoms with E-state index in [1.165, 1.54) is 0 Å². The number of rotatable bonds is 6. The van der Waals surface area contributed by atoms with Crippen LogP contribution in [-0.2, 0) is 4.74 Å². The molecular weight excluding hydrogens is 300 g/mol. The highest BCUT2D eigenvalue weighted by Crippen LogP contribution is 2.24. The van der Waals surface area contributed by atoms with E-state index in [1.54, 1.807) is 18.2 Å². The minimum atomic E-state index is -1.10. The minimum absolute atomic E-state index is 0.240. The first-order valence-electron chi connectivity index (χ1n) is 8.46. The third-order valence-electron chi connectivity index (χ3n) is 3.62. The largest absolute Gasteiger partial charge is 0.382 e. The van der Waals surface area contributed by atoms with Gasteiger partial charge in [0.25, 0.3) is 0 Å². The number of carbonyl (C=O) groups is 1. The maximum atomic E-state index is 12.4. The summed E-state index contributed by atoms with van der Waals surface area (Å²) < 4.78 is 4.83. The molecule has 1 N–H and O–H groups in total. The third kappa shape index (κ3) is 5.91. The molecule has 0 aromatic heterocycles. The van der Waals surface area contributed by atoms with Crippen LogP contribution in [0.15, 0.2) is 54.6 Å². The van der Waals surface area contributed by atoms with Gasteiger partial charge in [-0.15, -0.1) is 0 Å². The molecule has 0 bridgehead atoms. The van der Waals surface area contributed by atoms with E-state index >= 15 is 0 Å². The van der Waals surface area contributed by atoms with Crippen molar-refractivity contribution in [2.75, 3.05) is 13.2 Å². The average Bonchev–Trinajstić information content (AvgIpc) is 2.62. The van der Waals surface area contributed by atoms with E-state index < -0.39 is 6.10 Å². The molecule has 0 saturated carbocycles. The first kappa shape index (κ1) is 20.1. The molecule has 0 aliphatic carbocycles. The zero-order chi connectivity index (χ0) is 17.9. The van der Waals surface area contributed by atoms with Gasteiger partial charge in [-0.3, -0.25) is 4.79 Å². The Bertz CT molecular complexity index is 603. The monoisotopic (exact) mass is 328 g/mol. The summed E-state index contributed by atoms with van der Waals surface area (Å²) in [6.07, 6.45) is -1.10. The summed E-state index contributed by atoms with van der Waals surface area (Å²) >= 11 is 0. The zero-order valence-electron chi connectivity index (χ0n) is 15.0. The number of benzene rings is 2. The van der Waals surface area contributed by atoms with Crippen LogP contribution in [0.5, 0.6) is 0 Å². The Morgan fingerprint density at radius 1 is 0.958 bits per heavy atom. The Balaban J connectivity index is 0.000000505. The number of ether oxygens (including phenoxy) is 1. The van der Waals surface area contributed by atoms with Crippen LogP contribution in [0.3, 0.4) is 0 Å². The first-order valence-corrected chi connectivity index (χ1v) is 8.46. The van der Waals surface area contributed by atoms with Gasteiger partial charge in [0, 0.05) is 18.8 Å². The third-order valence-corrected chi connectivity index (χ3v) is 3.62. The second-order valence-corrected chi connectivity index (χ2v) is 5.70. The summed E-state index contributed by atoms with van der Waals surface area (Å²) in [5.74, 6) is 0.0126. The van der Waals surface area contributed by atoms with Gasteiger partial charge < -0.3 is 9.84 Å². The maximum Gasteiger partial charge on any atom is 0.196 e. The van der Waals surface area contributed by atoms with Crippen LogP contribution >= 0.6 is 0 Å². The fraction of sp³-hybridized carbons (Fsp3) is 0.381. The van der Waals surface area contributed by atoms with Crippen molar-refractivity contribution in [3.05, 3.63) is 71.3 Å².